The van der Waals surface area contributed by atoms with Crippen molar-refractivity contribution < 1.29 is 59.0 Å². The molecule has 183 valence electrons. The molecule has 5 heterocycles. The van der Waals surface area contributed by atoms with Crippen LogP contribution in [0.4, 0.5) is 0 Å². The smallest absolute Gasteiger partial charge is 1.00 e. The minimum atomic E-state index is 0. The first-order valence-electron chi connectivity index (χ1n) is 10.4. The monoisotopic (exact) mass is 577 g/mol. The van der Waals surface area contributed by atoms with Crippen LogP contribution in [-0.2, 0) is 17.1 Å². The summed E-state index contributed by atoms with van der Waals surface area (Å²) in [7, 11) is 1.68. The van der Waals surface area contributed by atoms with E-state index in [1.54, 1.807) is 7.11 Å². The van der Waals surface area contributed by atoms with Gasteiger partial charge in [0.15, 0.2) is 0 Å². The van der Waals surface area contributed by atoms with Crippen LogP contribution in [0.2, 0.25) is 0 Å². The molecule has 0 fully saturated rings. The summed E-state index contributed by atoms with van der Waals surface area (Å²) in [5.74, 6) is 0.835. The maximum atomic E-state index is 5.32. The molecular weight excluding hydrogens is 559 g/mol. The second-order valence-corrected chi connectivity index (χ2v) is 7.82. The van der Waals surface area contributed by atoms with Crippen molar-refractivity contribution in [3.8, 4) is 16.9 Å². The first kappa shape index (κ1) is 29.2. The average Bonchev–Trinajstić information content (AvgIpc) is 3.59. The number of aromatic nitrogens is 4. The molecule has 0 amide bonds. The minimum absolute atomic E-state index is 0. The fourth-order valence-electron chi connectivity index (χ4n) is 4.03. The zero-order valence-electron chi connectivity index (χ0n) is 19.0. The van der Waals surface area contributed by atoms with E-state index in [4.69, 9.17) is 14.7 Å². The average molecular weight is 579 g/mol. The molecule has 3 aromatic heterocycles. The first-order chi connectivity index (χ1) is 15.7. The van der Waals surface area contributed by atoms with Crippen LogP contribution < -0.4 is 42.0 Å². The Morgan fingerprint density at radius 3 is 1.61 bits per heavy atom. The number of ether oxygens (including phenoxy) is 1. The number of methoxy groups -OCH3 is 1. The van der Waals surface area contributed by atoms with Crippen LogP contribution in [0.15, 0.2) is 66.7 Å². The molecule has 2 N–H and O–H groups in total. The van der Waals surface area contributed by atoms with Crippen molar-refractivity contribution in [2.24, 2.45) is 0 Å². The molecule has 1 radical (unpaired) electrons. The molecule has 2 aliphatic heterocycles. The normalized spacial score (nSPS) is 10.9. The van der Waals surface area contributed by atoms with Gasteiger partial charge in [0.1, 0.15) is 5.75 Å². The number of fused-ring (bicyclic) bond motifs is 8. The third-order valence-electron chi connectivity index (χ3n) is 5.57. The molecular formula is C27H20Cl3FeN4O. The Balaban J connectivity index is 0.00000114. The molecule has 4 aromatic rings. The van der Waals surface area contributed by atoms with E-state index in [2.05, 4.69) is 52.4 Å². The summed E-state index contributed by atoms with van der Waals surface area (Å²) in [4.78, 5) is 16.5. The van der Waals surface area contributed by atoms with Gasteiger partial charge < -0.3 is 51.9 Å². The van der Waals surface area contributed by atoms with Gasteiger partial charge in [-0.2, -0.15) is 0 Å². The summed E-state index contributed by atoms with van der Waals surface area (Å²) in [6.45, 7) is 0. The van der Waals surface area contributed by atoms with E-state index >= 15 is 0 Å². The van der Waals surface area contributed by atoms with Gasteiger partial charge in [0.05, 0.1) is 29.9 Å². The van der Waals surface area contributed by atoms with Gasteiger partial charge in [-0.15, -0.1) is 0 Å². The van der Waals surface area contributed by atoms with E-state index in [1.165, 1.54) is 0 Å². The van der Waals surface area contributed by atoms with Crippen LogP contribution in [-0.4, -0.2) is 27.0 Å². The molecule has 0 spiro atoms. The predicted octanol–water partition coefficient (Wildman–Crippen LogP) is -2.66. The van der Waals surface area contributed by atoms with Crippen LogP contribution in [0.3, 0.4) is 0 Å². The number of hydrogen-bond acceptors (Lipinski definition) is 3. The number of H-pyrrole nitrogens is 2. The molecule has 0 saturated heterocycles. The molecule has 36 heavy (non-hydrogen) atoms. The van der Waals surface area contributed by atoms with Crippen LogP contribution in [0, 0.1) is 0 Å². The maximum Gasteiger partial charge on any atom is 3.00 e. The van der Waals surface area contributed by atoms with Crippen molar-refractivity contribution in [3.05, 3.63) is 89.5 Å². The molecule has 9 heteroatoms. The van der Waals surface area contributed by atoms with Gasteiger partial charge in [0.2, 0.25) is 0 Å². The Labute approximate surface area is 237 Å². The van der Waals surface area contributed by atoms with E-state index in [0.717, 1.165) is 61.7 Å². The Morgan fingerprint density at radius 2 is 1.08 bits per heavy atom. The number of benzene rings is 1. The van der Waals surface area contributed by atoms with Crippen molar-refractivity contribution in [1.29, 1.82) is 0 Å². The second-order valence-electron chi connectivity index (χ2n) is 7.82. The van der Waals surface area contributed by atoms with E-state index in [-0.39, 0.29) is 54.3 Å². The molecule has 0 saturated carbocycles. The van der Waals surface area contributed by atoms with E-state index in [9.17, 15) is 0 Å². The van der Waals surface area contributed by atoms with Gasteiger partial charge in [0, 0.05) is 27.6 Å². The summed E-state index contributed by atoms with van der Waals surface area (Å²) in [5.41, 5.74) is 9.84. The summed E-state index contributed by atoms with van der Waals surface area (Å²) in [6, 6.07) is 22.6. The van der Waals surface area contributed by atoms with Crippen LogP contribution in [0.5, 0.6) is 5.75 Å². The Morgan fingerprint density at radius 1 is 0.583 bits per heavy atom. The van der Waals surface area contributed by atoms with E-state index in [0.29, 0.717) is 0 Å². The van der Waals surface area contributed by atoms with Crippen molar-refractivity contribution in [2.75, 3.05) is 7.11 Å². The van der Waals surface area contributed by atoms with Crippen LogP contribution >= 0.6 is 0 Å². The number of rotatable bonds is 2. The third-order valence-corrected chi connectivity index (χ3v) is 5.57. The van der Waals surface area contributed by atoms with Gasteiger partial charge in [-0.1, -0.05) is 12.1 Å². The fraction of sp³-hybridized carbons (Fsp3) is 0.0370. The predicted molar refractivity (Wildman–Crippen MR) is 131 cm³/mol. The number of nitrogens with one attached hydrogen (secondary N) is 2. The molecule has 0 atom stereocenters. The number of nitrogens with zero attached hydrogens (tertiary/aromatic N) is 2. The Kier molecular flexibility index (Phi) is 10.00. The number of halogens is 3. The Hall–Kier alpha value is -2.99. The second kappa shape index (κ2) is 12.3. The standard InChI is InChI=1S/C27H20N4O.3ClH.Fe/c1-32-25-10-2-17(3-11-25)26-15-24-14-22-7-6-20(29-22)12-18-4-5-19(28-18)13-21-8-9-23(30-21)16-27(26)31-24;;;;/h2-16,28,31H,1H3;3*1H;/q;;;;+3/p-3. The molecule has 8 bridgehead atoms. The van der Waals surface area contributed by atoms with E-state index in [1.807, 2.05) is 48.6 Å². The molecule has 2 aliphatic rings. The molecule has 0 aliphatic carbocycles. The zero-order chi connectivity index (χ0) is 21.5. The summed E-state index contributed by atoms with van der Waals surface area (Å²) >= 11 is 0. The summed E-state index contributed by atoms with van der Waals surface area (Å²) < 4.78 is 5.32. The van der Waals surface area contributed by atoms with Gasteiger partial charge >= 0.3 is 17.1 Å². The molecule has 6 rings (SSSR count). The molecule has 1 aromatic carbocycles. The van der Waals surface area contributed by atoms with Gasteiger partial charge in [-0.3, -0.25) is 0 Å². The summed E-state index contributed by atoms with van der Waals surface area (Å²) in [6.07, 6.45) is 8.12. The topological polar surface area (TPSA) is 66.6 Å². The van der Waals surface area contributed by atoms with Crippen molar-refractivity contribution in [2.45, 2.75) is 0 Å². The van der Waals surface area contributed by atoms with Crippen molar-refractivity contribution >= 4 is 46.4 Å². The third kappa shape index (κ3) is 6.04. The van der Waals surface area contributed by atoms with Gasteiger partial charge in [-0.25, -0.2) is 9.97 Å². The van der Waals surface area contributed by atoms with Gasteiger partial charge in [-0.05, 0) is 84.5 Å². The molecule has 5 nitrogen and oxygen atoms in total. The van der Waals surface area contributed by atoms with Crippen LogP contribution in [0.25, 0.3) is 57.5 Å². The SMILES string of the molecule is COc1ccc(-c2cc3cc4nc(cc5ccc(cc6nc(cc2[nH]3)C=C6)[nH]5)C=C4)cc1.[Cl-].[Cl-].[Cl-].[Fe+3]. The van der Waals surface area contributed by atoms with E-state index < -0.39 is 0 Å². The number of aromatic amines is 2. The van der Waals surface area contributed by atoms with Crippen LogP contribution in [0.1, 0.15) is 22.8 Å². The fourth-order valence-corrected chi connectivity index (χ4v) is 4.03. The largest absolute Gasteiger partial charge is 3.00 e. The maximum absolute atomic E-state index is 5.32. The van der Waals surface area contributed by atoms with Crippen molar-refractivity contribution in [1.82, 2.24) is 19.9 Å². The van der Waals surface area contributed by atoms with Gasteiger partial charge in [0.25, 0.3) is 0 Å². The quantitative estimate of drug-likeness (QED) is 0.221. The van der Waals surface area contributed by atoms with Crippen molar-refractivity contribution in [3.63, 3.8) is 0 Å². The number of hydrogen-bond donors (Lipinski definition) is 2. The minimum Gasteiger partial charge on any atom is -1.00 e. The zero-order valence-corrected chi connectivity index (χ0v) is 22.3. The first-order valence-corrected chi connectivity index (χ1v) is 10.4. The Bertz CT molecular complexity index is 1570. The molecule has 0 unspecified atom stereocenters. The summed E-state index contributed by atoms with van der Waals surface area (Å²) in [5, 5.41) is 0.